The minimum atomic E-state index is -0.954. The number of hydrogen-bond donors (Lipinski definition) is 3. The summed E-state index contributed by atoms with van der Waals surface area (Å²) in [6, 6.07) is 18.7. The van der Waals surface area contributed by atoms with Gasteiger partial charge < -0.3 is 20.5 Å². The lowest BCUT2D eigenvalue weighted by Gasteiger charge is -2.27. The number of hydrogen-bond acceptors (Lipinski definition) is 4. The normalized spacial score (nSPS) is 15.8. The van der Waals surface area contributed by atoms with E-state index in [1.807, 2.05) is 36.4 Å². The molecule has 0 aliphatic heterocycles. The minimum Gasteiger partial charge on any atom is -0.497 e. The largest absolute Gasteiger partial charge is 0.497 e. The second kappa shape index (κ2) is 10.5. The Balaban J connectivity index is 1.47. The molecule has 1 fully saturated rings. The van der Waals surface area contributed by atoms with Gasteiger partial charge in [-0.3, -0.25) is 4.79 Å². The SMILES string of the molecule is COc1cccc(-c2cccc(C3(NC[C@@H](O)[C@H](Cc4cc(F)cc(F)c4)NC(C)=O)CC3)c2)c1. The summed E-state index contributed by atoms with van der Waals surface area (Å²) in [6.45, 7) is 1.57. The van der Waals surface area contributed by atoms with Crippen molar-refractivity contribution in [1.82, 2.24) is 10.6 Å². The summed E-state index contributed by atoms with van der Waals surface area (Å²) in [4.78, 5) is 11.7. The molecule has 1 amide bonds. The van der Waals surface area contributed by atoms with Crippen molar-refractivity contribution >= 4 is 5.91 Å². The standard InChI is InChI=1S/C28H30F2N2O3/c1-18(33)32-26(13-19-11-23(29)16-24(30)12-19)27(34)17-31-28(9-10-28)22-7-3-5-20(14-22)21-6-4-8-25(15-21)35-2/h3-8,11-12,14-16,26-27,31,34H,9-10,13,17H2,1-2H3,(H,32,33)/t26-,27+/m0/s1. The van der Waals surface area contributed by atoms with E-state index in [-0.39, 0.29) is 24.4 Å². The second-order valence-electron chi connectivity index (χ2n) is 9.13. The molecule has 1 aliphatic carbocycles. The molecule has 4 rings (SSSR count). The predicted molar refractivity (Wildman–Crippen MR) is 131 cm³/mol. The van der Waals surface area contributed by atoms with Crippen LogP contribution in [-0.2, 0) is 16.8 Å². The number of halogens is 2. The number of carbonyl (C=O) groups excluding carboxylic acids is 1. The molecular weight excluding hydrogens is 450 g/mol. The molecule has 5 nitrogen and oxygen atoms in total. The Morgan fingerprint density at radius 1 is 1.03 bits per heavy atom. The minimum absolute atomic E-state index is 0.107. The van der Waals surface area contributed by atoms with Crippen LogP contribution in [-0.4, -0.2) is 36.8 Å². The van der Waals surface area contributed by atoms with E-state index in [1.165, 1.54) is 19.1 Å². The number of aliphatic hydroxyl groups is 1. The first-order chi connectivity index (χ1) is 16.8. The van der Waals surface area contributed by atoms with Gasteiger partial charge in [0.2, 0.25) is 5.91 Å². The Labute approximate surface area is 204 Å². The summed E-state index contributed by atoms with van der Waals surface area (Å²) >= 11 is 0. The van der Waals surface area contributed by atoms with Crippen LogP contribution in [0, 0.1) is 11.6 Å². The van der Waals surface area contributed by atoms with E-state index in [1.54, 1.807) is 7.11 Å². The molecule has 0 radical (unpaired) electrons. The van der Waals surface area contributed by atoms with E-state index in [9.17, 15) is 18.7 Å². The summed E-state index contributed by atoms with van der Waals surface area (Å²) in [6.07, 6.45) is 0.988. The average molecular weight is 481 g/mol. The lowest BCUT2D eigenvalue weighted by atomic mass is 9.97. The fraction of sp³-hybridized carbons (Fsp3) is 0.321. The van der Waals surface area contributed by atoms with E-state index >= 15 is 0 Å². The lowest BCUT2D eigenvalue weighted by molar-refractivity contribution is -0.120. The maximum Gasteiger partial charge on any atom is 0.217 e. The summed E-state index contributed by atoms with van der Waals surface area (Å²) in [5.41, 5.74) is 3.34. The molecule has 0 saturated heterocycles. The molecule has 0 heterocycles. The van der Waals surface area contributed by atoms with E-state index in [4.69, 9.17) is 4.74 Å². The lowest BCUT2D eigenvalue weighted by Crippen LogP contribution is -2.49. The van der Waals surface area contributed by atoms with Gasteiger partial charge in [0.25, 0.3) is 0 Å². The van der Waals surface area contributed by atoms with Crippen LogP contribution < -0.4 is 15.4 Å². The smallest absolute Gasteiger partial charge is 0.217 e. The van der Waals surface area contributed by atoms with E-state index in [2.05, 4.69) is 22.8 Å². The number of rotatable bonds is 10. The Bertz CT molecular complexity index is 1180. The molecule has 0 aromatic heterocycles. The first-order valence-electron chi connectivity index (χ1n) is 11.7. The summed E-state index contributed by atoms with van der Waals surface area (Å²) < 4.78 is 32.6. The Morgan fingerprint density at radius 3 is 2.31 bits per heavy atom. The van der Waals surface area contributed by atoms with Crippen LogP contribution in [0.1, 0.15) is 30.9 Å². The molecule has 184 valence electrons. The van der Waals surface area contributed by atoms with Gasteiger partial charge >= 0.3 is 0 Å². The van der Waals surface area contributed by atoms with Gasteiger partial charge in [-0.25, -0.2) is 8.78 Å². The number of carbonyl (C=O) groups is 1. The number of methoxy groups -OCH3 is 1. The topological polar surface area (TPSA) is 70.6 Å². The second-order valence-corrected chi connectivity index (χ2v) is 9.13. The van der Waals surface area contributed by atoms with Crippen LogP contribution in [0.25, 0.3) is 11.1 Å². The van der Waals surface area contributed by atoms with Crippen molar-refractivity contribution in [3.8, 4) is 16.9 Å². The maximum absolute atomic E-state index is 13.6. The Hall–Kier alpha value is -3.29. The van der Waals surface area contributed by atoms with Crippen molar-refractivity contribution in [1.29, 1.82) is 0 Å². The highest BCUT2D eigenvalue weighted by atomic mass is 19.1. The zero-order valence-electron chi connectivity index (χ0n) is 19.9. The molecule has 1 saturated carbocycles. The van der Waals surface area contributed by atoms with Crippen LogP contribution in [0.4, 0.5) is 8.78 Å². The average Bonchev–Trinajstić information content (AvgIpc) is 3.62. The molecule has 35 heavy (non-hydrogen) atoms. The number of amides is 1. The monoisotopic (exact) mass is 480 g/mol. The van der Waals surface area contributed by atoms with Crippen molar-refractivity contribution < 1.29 is 23.4 Å². The first-order valence-corrected chi connectivity index (χ1v) is 11.7. The van der Waals surface area contributed by atoms with Crippen molar-refractivity contribution in [3.63, 3.8) is 0 Å². The first kappa shape index (κ1) is 24.8. The van der Waals surface area contributed by atoms with Gasteiger partial charge in [0, 0.05) is 25.1 Å². The fourth-order valence-corrected chi connectivity index (χ4v) is 4.46. The molecule has 3 aromatic carbocycles. The Morgan fingerprint density at radius 2 is 1.69 bits per heavy atom. The Kier molecular flexibility index (Phi) is 7.48. The maximum atomic E-state index is 13.6. The summed E-state index contributed by atoms with van der Waals surface area (Å²) in [7, 11) is 1.64. The van der Waals surface area contributed by atoms with E-state index in [0.717, 1.165) is 41.3 Å². The van der Waals surface area contributed by atoms with E-state index in [0.29, 0.717) is 5.56 Å². The van der Waals surface area contributed by atoms with Gasteiger partial charge in [0.1, 0.15) is 17.4 Å². The third kappa shape index (κ3) is 6.24. The molecular formula is C28H30F2N2O3. The van der Waals surface area contributed by atoms with Crippen LogP contribution in [0.2, 0.25) is 0 Å². The van der Waals surface area contributed by atoms with Crippen LogP contribution in [0.15, 0.2) is 66.7 Å². The summed E-state index contributed by atoms with van der Waals surface area (Å²) in [5.74, 6) is -0.917. The zero-order chi connectivity index (χ0) is 25.0. The van der Waals surface area contributed by atoms with Crippen LogP contribution in [0.3, 0.4) is 0 Å². The van der Waals surface area contributed by atoms with Gasteiger partial charge in [-0.1, -0.05) is 30.3 Å². The quantitative estimate of drug-likeness (QED) is 0.404. The number of ether oxygens (including phenoxy) is 1. The van der Waals surface area contributed by atoms with Gasteiger partial charge in [-0.2, -0.15) is 0 Å². The molecule has 0 bridgehead atoms. The van der Waals surface area contributed by atoms with Crippen molar-refractivity contribution in [2.24, 2.45) is 0 Å². The molecule has 2 atom stereocenters. The zero-order valence-corrected chi connectivity index (χ0v) is 19.9. The predicted octanol–water partition coefficient (Wildman–Crippen LogP) is 4.33. The molecule has 0 spiro atoms. The molecule has 3 N–H and O–H groups in total. The molecule has 3 aromatic rings. The number of aliphatic hydroxyl groups excluding tert-OH is 1. The van der Waals surface area contributed by atoms with Crippen molar-refractivity contribution in [3.05, 3.63) is 89.5 Å². The summed E-state index contributed by atoms with van der Waals surface area (Å²) in [5, 5.41) is 17.1. The number of nitrogens with one attached hydrogen (secondary N) is 2. The van der Waals surface area contributed by atoms with Gasteiger partial charge in [-0.15, -0.1) is 0 Å². The van der Waals surface area contributed by atoms with Crippen LogP contribution >= 0.6 is 0 Å². The molecule has 7 heteroatoms. The molecule has 0 unspecified atom stereocenters. The van der Waals surface area contributed by atoms with E-state index < -0.39 is 23.8 Å². The third-order valence-corrected chi connectivity index (χ3v) is 6.45. The highest BCUT2D eigenvalue weighted by Crippen LogP contribution is 2.46. The number of benzene rings is 3. The van der Waals surface area contributed by atoms with Gasteiger partial charge in [0.05, 0.1) is 19.3 Å². The highest BCUT2D eigenvalue weighted by Gasteiger charge is 2.44. The van der Waals surface area contributed by atoms with Gasteiger partial charge in [-0.05, 0) is 71.8 Å². The van der Waals surface area contributed by atoms with Gasteiger partial charge in [0.15, 0.2) is 0 Å². The van der Waals surface area contributed by atoms with Crippen molar-refractivity contribution in [2.45, 2.75) is 43.9 Å². The molecule has 1 aliphatic rings. The fourth-order valence-electron chi connectivity index (χ4n) is 4.46. The van der Waals surface area contributed by atoms with Crippen molar-refractivity contribution in [2.75, 3.05) is 13.7 Å². The highest BCUT2D eigenvalue weighted by molar-refractivity contribution is 5.73. The van der Waals surface area contributed by atoms with Crippen LogP contribution in [0.5, 0.6) is 5.75 Å². The third-order valence-electron chi connectivity index (χ3n) is 6.45.